The second-order valence-corrected chi connectivity index (χ2v) is 8.30. The quantitative estimate of drug-likeness (QED) is 0.579. The van der Waals surface area contributed by atoms with Crippen LogP contribution in [0.25, 0.3) is 0 Å². The first-order valence-corrected chi connectivity index (χ1v) is 9.87. The molecular formula is C24H21NO5. The minimum atomic E-state index is -0.735. The Morgan fingerprint density at radius 1 is 1.10 bits per heavy atom. The van der Waals surface area contributed by atoms with Gasteiger partial charge in [0.15, 0.2) is 0 Å². The predicted octanol–water partition coefficient (Wildman–Crippen LogP) is 3.58. The molecule has 6 nitrogen and oxygen atoms in total. The number of esters is 2. The maximum atomic E-state index is 13.6. The van der Waals surface area contributed by atoms with Crippen LogP contribution in [0.1, 0.15) is 63.7 Å². The third-order valence-corrected chi connectivity index (χ3v) is 6.41. The number of carbonyl (C=O) groups is 3. The normalized spacial score (nSPS) is 25.2. The van der Waals surface area contributed by atoms with Crippen LogP contribution in [-0.2, 0) is 38.6 Å². The number of ether oxygens (including phenoxy) is 2. The third-order valence-electron chi connectivity index (χ3n) is 6.41. The third kappa shape index (κ3) is 2.27. The van der Waals surface area contributed by atoms with Crippen LogP contribution >= 0.6 is 0 Å². The molecule has 3 heterocycles. The Morgan fingerprint density at radius 3 is 2.43 bits per heavy atom. The van der Waals surface area contributed by atoms with Gasteiger partial charge in [0.25, 0.3) is 5.91 Å². The topological polar surface area (TPSA) is 72.9 Å². The van der Waals surface area contributed by atoms with Gasteiger partial charge in [-0.15, -0.1) is 0 Å². The van der Waals surface area contributed by atoms with E-state index in [4.69, 9.17) is 9.47 Å². The lowest BCUT2D eigenvalue weighted by Crippen LogP contribution is -2.46. The molecule has 6 heteroatoms. The van der Waals surface area contributed by atoms with Gasteiger partial charge in [-0.1, -0.05) is 30.4 Å². The Hall–Kier alpha value is -3.41. The van der Waals surface area contributed by atoms with E-state index in [1.165, 1.54) is 6.92 Å². The van der Waals surface area contributed by atoms with Crippen LogP contribution in [0.4, 0.5) is 0 Å². The minimum absolute atomic E-state index is 0.0328. The van der Waals surface area contributed by atoms with E-state index >= 15 is 0 Å². The molecule has 1 amide bonds. The van der Waals surface area contributed by atoms with E-state index in [1.54, 1.807) is 18.2 Å². The smallest absolute Gasteiger partial charge is 0.338 e. The molecule has 2 atom stereocenters. The summed E-state index contributed by atoms with van der Waals surface area (Å²) in [6.07, 6.45) is 4.05. The number of rotatable bonds is 3. The predicted molar refractivity (Wildman–Crippen MR) is 107 cm³/mol. The fraction of sp³-hybridized carbons (Fsp3) is 0.292. The zero-order valence-corrected chi connectivity index (χ0v) is 17.0. The van der Waals surface area contributed by atoms with E-state index in [-0.39, 0.29) is 19.1 Å². The summed E-state index contributed by atoms with van der Waals surface area (Å²) in [5.74, 6) is -0.892. The van der Waals surface area contributed by atoms with Crippen molar-refractivity contribution in [2.24, 2.45) is 0 Å². The average molecular weight is 403 g/mol. The van der Waals surface area contributed by atoms with Crippen molar-refractivity contribution >= 4 is 17.8 Å². The molecule has 0 spiro atoms. The molecule has 0 aromatic heterocycles. The van der Waals surface area contributed by atoms with Crippen molar-refractivity contribution in [1.29, 1.82) is 0 Å². The number of hydrogen-bond acceptors (Lipinski definition) is 5. The van der Waals surface area contributed by atoms with Crippen LogP contribution < -0.4 is 0 Å². The molecule has 5 rings (SSSR count). The molecule has 30 heavy (non-hydrogen) atoms. The zero-order valence-electron chi connectivity index (χ0n) is 17.0. The van der Waals surface area contributed by atoms with Crippen LogP contribution in [0.2, 0.25) is 0 Å². The molecule has 152 valence electrons. The van der Waals surface area contributed by atoms with E-state index in [2.05, 4.69) is 0 Å². The standard InChI is InChI=1S/C24H21NO5/c1-14(26)29-12-16-11-17-18(13-30-22(17)28)20-19(16)23(2)9-10-24(20,3)25(23)21(27)15-7-5-4-6-8-15/h4-11H,12-13H2,1-3H3/t23-,24+/m0/s1. The van der Waals surface area contributed by atoms with Gasteiger partial charge in [0, 0.05) is 18.1 Å². The summed E-state index contributed by atoms with van der Waals surface area (Å²) in [5, 5.41) is 0. The molecule has 2 aromatic carbocycles. The van der Waals surface area contributed by atoms with Crippen molar-refractivity contribution < 1.29 is 23.9 Å². The molecule has 0 fully saturated rings. The van der Waals surface area contributed by atoms with Gasteiger partial charge in [-0.05, 0) is 48.7 Å². The van der Waals surface area contributed by atoms with Gasteiger partial charge in [-0.3, -0.25) is 9.59 Å². The second kappa shape index (κ2) is 6.05. The van der Waals surface area contributed by atoms with Crippen molar-refractivity contribution in [3.05, 3.63) is 81.9 Å². The number of nitrogens with zero attached hydrogens (tertiary/aromatic N) is 1. The van der Waals surface area contributed by atoms with E-state index in [9.17, 15) is 14.4 Å². The minimum Gasteiger partial charge on any atom is -0.461 e. The Balaban J connectivity index is 1.73. The average Bonchev–Trinajstić information content (AvgIpc) is 3.29. The van der Waals surface area contributed by atoms with Gasteiger partial charge in [0.2, 0.25) is 0 Å². The molecular weight excluding hydrogens is 382 g/mol. The van der Waals surface area contributed by atoms with Crippen LogP contribution in [0.5, 0.6) is 0 Å². The Bertz CT molecular complexity index is 1150. The molecule has 0 saturated carbocycles. The molecule has 2 aromatic rings. The molecule has 0 aliphatic carbocycles. The maximum absolute atomic E-state index is 13.6. The second-order valence-electron chi connectivity index (χ2n) is 8.30. The number of benzene rings is 2. The van der Waals surface area contributed by atoms with Gasteiger partial charge in [-0.25, -0.2) is 4.79 Å². The lowest BCUT2D eigenvalue weighted by Gasteiger charge is -2.37. The van der Waals surface area contributed by atoms with E-state index < -0.39 is 23.0 Å². The van der Waals surface area contributed by atoms with Crippen molar-refractivity contribution in [3.8, 4) is 0 Å². The fourth-order valence-electron chi connectivity index (χ4n) is 5.24. The lowest BCUT2D eigenvalue weighted by molar-refractivity contribution is -0.142. The van der Waals surface area contributed by atoms with Gasteiger partial charge < -0.3 is 14.4 Å². The van der Waals surface area contributed by atoms with Gasteiger partial charge >= 0.3 is 11.9 Å². The first-order chi connectivity index (χ1) is 14.3. The van der Waals surface area contributed by atoms with Crippen molar-refractivity contribution in [1.82, 2.24) is 4.90 Å². The van der Waals surface area contributed by atoms with Crippen LogP contribution in [0.3, 0.4) is 0 Å². The summed E-state index contributed by atoms with van der Waals surface area (Å²) in [4.78, 5) is 39.3. The highest BCUT2D eigenvalue weighted by molar-refractivity contribution is 5.99. The number of amides is 1. The van der Waals surface area contributed by atoms with E-state index in [1.807, 2.05) is 49.1 Å². The van der Waals surface area contributed by atoms with Gasteiger partial charge in [-0.2, -0.15) is 0 Å². The maximum Gasteiger partial charge on any atom is 0.338 e. The van der Waals surface area contributed by atoms with Gasteiger partial charge in [0.1, 0.15) is 13.2 Å². The summed E-state index contributed by atoms with van der Waals surface area (Å²) < 4.78 is 10.6. The van der Waals surface area contributed by atoms with E-state index in [0.29, 0.717) is 11.1 Å². The highest BCUT2D eigenvalue weighted by atomic mass is 16.5. The lowest BCUT2D eigenvalue weighted by atomic mass is 9.77. The van der Waals surface area contributed by atoms with Gasteiger partial charge in [0.05, 0.1) is 16.6 Å². The summed E-state index contributed by atoms with van der Waals surface area (Å²) in [5.41, 5.74) is 2.96. The van der Waals surface area contributed by atoms with Crippen LogP contribution in [0, 0.1) is 0 Å². The number of cyclic esters (lactones) is 1. The first kappa shape index (κ1) is 18.6. The fourth-order valence-corrected chi connectivity index (χ4v) is 5.24. The molecule has 3 aliphatic rings. The molecule has 0 radical (unpaired) electrons. The monoisotopic (exact) mass is 403 g/mol. The molecule has 0 N–H and O–H groups in total. The largest absolute Gasteiger partial charge is 0.461 e. The van der Waals surface area contributed by atoms with Crippen LogP contribution in [0.15, 0.2) is 48.6 Å². The van der Waals surface area contributed by atoms with Crippen molar-refractivity contribution in [3.63, 3.8) is 0 Å². The molecule has 0 saturated heterocycles. The Morgan fingerprint density at radius 2 is 1.77 bits per heavy atom. The summed E-state index contributed by atoms with van der Waals surface area (Å²) in [7, 11) is 0. The summed E-state index contributed by atoms with van der Waals surface area (Å²) in [6.45, 7) is 5.54. The number of carbonyl (C=O) groups excluding carboxylic acids is 3. The molecule has 0 unspecified atom stereocenters. The zero-order chi connectivity index (χ0) is 21.3. The Labute approximate surface area is 174 Å². The highest BCUT2D eigenvalue weighted by Crippen LogP contribution is 2.59. The Kier molecular flexibility index (Phi) is 3.75. The van der Waals surface area contributed by atoms with E-state index in [0.717, 1.165) is 22.3 Å². The van der Waals surface area contributed by atoms with Crippen molar-refractivity contribution in [2.75, 3.05) is 0 Å². The molecule has 2 bridgehead atoms. The van der Waals surface area contributed by atoms with Crippen LogP contribution in [-0.4, -0.2) is 22.7 Å². The molecule has 3 aliphatic heterocycles. The SMILES string of the molecule is CC(=O)OCc1cc2c(c3c1[C@]1(C)C=C[C@@]3(C)N1C(=O)c1ccccc1)COC2=O. The summed E-state index contributed by atoms with van der Waals surface area (Å²) >= 11 is 0. The first-order valence-electron chi connectivity index (χ1n) is 9.87. The summed E-state index contributed by atoms with van der Waals surface area (Å²) in [6, 6.07) is 10.9. The number of hydrogen-bond donors (Lipinski definition) is 0. The van der Waals surface area contributed by atoms with Crippen molar-refractivity contribution in [2.45, 2.75) is 45.1 Å². The number of fused-ring (bicyclic) bond motifs is 7. The highest BCUT2D eigenvalue weighted by Gasteiger charge is 2.60.